The first-order valence-electron chi connectivity index (χ1n) is 7.32. The maximum Gasteiger partial charge on any atom is 0.410 e. The standard InChI is InChI=1S/C16H23NO3/c1-13(18)11-15-9-5-6-10-17(15)16(19)20-12-14-7-3-2-4-8-14/h2-4,7-8,13,15,18H,5-6,9-12H2,1H3/t13-,15-/m0/s1. The number of hydrogen-bond acceptors (Lipinski definition) is 3. The van der Waals surface area contributed by atoms with Crippen LogP contribution < -0.4 is 0 Å². The quantitative estimate of drug-likeness (QED) is 0.920. The van der Waals surface area contributed by atoms with Crippen LogP contribution in [0.2, 0.25) is 0 Å². The average molecular weight is 277 g/mol. The molecule has 0 saturated carbocycles. The van der Waals surface area contributed by atoms with Crippen LogP contribution in [0.25, 0.3) is 0 Å². The number of likely N-dealkylation sites (tertiary alicyclic amines) is 1. The van der Waals surface area contributed by atoms with E-state index in [1.807, 2.05) is 30.3 Å². The smallest absolute Gasteiger partial charge is 0.410 e. The fourth-order valence-electron chi connectivity index (χ4n) is 2.68. The molecule has 1 aliphatic rings. The number of aliphatic hydroxyl groups excluding tert-OH is 1. The molecule has 1 aromatic carbocycles. The number of benzene rings is 1. The second kappa shape index (κ2) is 7.29. The average Bonchev–Trinajstić information content (AvgIpc) is 2.46. The maximum atomic E-state index is 12.2. The molecule has 4 heteroatoms. The van der Waals surface area contributed by atoms with Crippen molar-refractivity contribution in [1.82, 2.24) is 4.90 Å². The van der Waals surface area contributed by atoms with Crippen molar-refractivity contribution in [1.29, 1.82) is 0 Å². The van der Waals surface area contributed by atoms with E-state index in [9.17, 15) is 9.90 Å². The summed E-state index contributed by atoms with van der Waals surface area (Å²) in [7, 11) is 0. The van der Waals surface area contributed by atoms with E-state index in [1.54, 1.807) is 11.8 Å². The number of carbonyl (C=O) groups is 1. The lowest BCUT2D eigenvalue weighted by atomic mass is 9.98. The molecule has 1 aliphatic heterocycles. The maximum absolute atomic E-state index is 12.2. The number of rotatable bonds is 4. The third-order valence-corrected chi connectivity index (χ3v) is 3.68. The second-order valence-electron chi connectivity index (χ2n) is 5.47. The summed E-state index contributed by atoms with van der Waals surface area (Å²) in [4.78, 5) is 14.0. The van der Waals surface area contributed by atoms with Gasteiger partial charge >= 0.3 is 6.09 Å². The van der Waals surface area contributed by atoms with Gasteiger partial charge in [0.2, 0.25) is 0 Å². The van der Waals surface area contributed by atoms with Crippen LogP contribution in [-0.4, -0.2) is 34.8 Å². The minimum atomic E-state index is -0.387. The van der Waals surface area contributed by atoms with Gasteiger partial charge in [0, 0.05) is 12.6 Å². The van der Waals surface area contributed by atoms with E-state index >= 15 is 0 Å². The van der Waals surface area contributed by atoms with E-state index in [-0.39, 0.29) is 18.2 Å². The van der Waals surface area contributed by atoms with E-state index in [0.29, 0.717) is 13.0 Å². The molecule has 0 bridgehead atoms. The molecule has 0 radical (unpaired) electrons. The Labute approximate surface area is 120 Å². The molecular formula is C16H23NO3. The lowest BCUT2D eigenvalue weighted by Crippen LogP contribution is -2.45. The Balaban J connectivity index is 1.89. The highest BCUT2D eigenvalue weighted by molar-refractivity contribution is 5.68. The third kappa shape index (κ3) is 4.23. The monoisotopic (exact) mass is 277 g/mol. The summed E-state index contributed by atoms with van der Waals surface area (Å²) in [5.41, 5.74) is 0.991. The summed E-state index contributed by atoms with van der Waals surface area (Å²) < 4.78 is 5.38. The van der Waals surface area contributed by atoms with Crippen molar-refractivity contribution in [3.05, 3.63) is 35.9 Å². The molecule has 0 aromatic heterocycles. The molecule has 1 heterocycles. The van der Waals surface area contributed by atoms with Crippen molar-refractivity contribution in [3.63, 3.8) is 0 Å². The first kappa shape index (κ1) is 14.9. The number of amides is 1. The summed E-state index contributed by atoms with van der Waals surface area (Å²) in [5.74, 6) is 0. The van der Waals surface area contributed by atoms with Gasteiger partial charge in [-0.25, -0.2) is 4.79 Å². The summed E-state index contributed by atoms with van der Waals surface area (Å²) in [5, 5.41) is 9.53. The Kier molecular flexibility index (Phi) is 5.41. The number of nitrogens with zero attached hydrogens (tertiary/aromatic N) is 1. The highest BCUT2D eigenvalue weighted by Gasteiger charge is 2.28. The molecule has 1 aromatic rings. The molecule has 0 unspecified atom stereocenters. The van der Waals surface area contributed by atoms with Crippen LogP contribution in [0.5, 0.6) is 0 Å². The molecule has 0 aliphatic carbocycles. The van der Waals surface area contributed by atoms with Crippen molar-refractivity contribution in [2.24, 2.45) is 0 Å². The zero-order chi connectivity index (χ0) is 14.4. The summed E-state index contributed by atoms with van der Waals surface area (Å²) in [6, 6.07) is 9.79. The molecule has 0 spiro atoms. The molecule has 1 saturated heterocycles. The van der Waals surface area contributed by atoms with Crippen molar-refractivity contribution in [2.45, 2.75) is 51.4 Å². The number of hydrogen-bond donors (Lipinski definition) is 1. The Morgan fingerprint density at radius 3 is 2.85 bits per heavy atom. The van der Waals surface area contributed by atoms with Gasteiger partial charge in [0.15, 0.2) is 0 Å². The Morgan fingerprint density at radius 2 is 2.15 bits per heavy atom. The van der Waals surface area contributed by atoms with Crippen molar-refractivity contribution in [2.75, 3.05) is 6.54 Å². The van der Waals surface area contributed by atoms with Crippen LogP contribution in [0.3, 0.4) is 0 Å². The second-order valence-corrected chi connectivity index (χ2v) is 5.47. The van der Waals surface area contributed by atoms with Gasteiger partial charge in [-0.2, -0.15) is 0 Å². The van der Waals surface area contributed by atoms with Crippen LogP contribution in [-0.2, 0) is 11.3 Å². The van der Waals surface area contributed by atoms with Gasteiger partial charge < -0.3 is 14.7 Å². The van der Waals surface area contributed by atoms with Crippen LogP contribution in [0.4, 0.5) is 4.79 Å². The van der Waals surface area contributed by atoms with Gasteiger partial charge in [-0.15, -0.1) is 0 Å². The summed E-state index contributed by atoms with van der Waals surface area (Å²) in [6.45, 7) is 2.80. The van der Waals surface area contributed by atoms with Gasteiger partial charge in [0.05, 0.1) is 6.10 Å². The van der Waals surface area contributed by atoms with Crippen molar-refractivity contribution < 1.29 is 14.6 Å². The summed E-state index contributed by atoms with van der Waals surface area (Å²) in [6.07, 6.45) is 3.05. The lowest BCUT2D eigenvalue weighted by Gasteiger charge is -2.35. The predicted octanol–water partition coefficient (Wildman–Crippen LogP) is 2.95. The van der Waals surface area contributed by atoms with Gasteiger partial charge in [0.25, 0.3) is 0 Å². The van der Waals surface area contributed by atoms with Crippen molar-refractivity contribution in [3.8, 4) is 0 Å². The summed E-state index contributed by atoms with van der Waals surface area (Å²) >= 11 is 0. The molecular weight excluding hydrogens is 254 g/mol. The largest absolute Gasteiger partial charge is 0.445 e. The third-order valence-electron chi connectivity index (χ3n) is 3.68. The number of ether oxygens (including phenoxy) is 1. The molecule has 2 rings (SSSR count). The van der Waals surface area contributed by atoms with Gasteiger partial charge in [0.1, 0.15) is 6.61 Å². The SMILES string of the molecule is C[C@H](O)C[C@@H]1CCCCN1C(=O)OCc1ccccc1. The van der Waals surface area contributed by atoms with E-state index < -0.39 is 0 Å². The topological polar surface area (TPSA) is 49.8 Å². The van der Waals surface area contributed by atoms with E-state index in [0.717, 1.165) is 31.4 Å². The Morgan fingerprint density at radius 1 is 1.40 bits per heavy atom. The number of piperidine rings is 1. The Hall–Kier alpha value is -1.55. The van der Waals surface area contributed by atoms with E-state index in [4.69, 9.17) is 4.74 Å². The van der Waals surface area contributed by atoms with E-state index in [1.165, 1.54) is 0 Å². The Bertz CT molecular complexity index is 419. The lowest BCUT2D eigenvalue weighted by molar-refractivity contribution is 0.0515. The van der Waals surface area contributed by atoms with Crippen LogP contribution in [0, 0.1) is 0 Å². The minimum absolute atomic E-state index is 0.104. The van der Waals surface area contributed by atoms with Crippen LogP contribution in [0.1, 0.15) is 38.2 Å². The molecule has 4 nitrogen and oxygen atoms in total. The highest BCUT2D eigenvalue weighted by Crippen LogP contribution is 2.22. The number of carbonyl (C=O) groups excluding carboxylic acids is 1. The first-order valence-corrected chi connectivity index (χ1v) is 7.32. The van der Waals surface area contributed by atoms with Crippen molar-refractivity contribution >= 4 is 6.09 Å². The van der Waals surface area contributed by atoms with Crippen LogP contribution in [0.15, 0.2) is 30.3 Å². The molecule has 2 atom stereocenters. The van der Waals surface area contributed by atoms with Gasteiger partial charge in [-0.3, -0.25) is 0 Å². The van der Waals surface area contributed by atoms with Crippen LogP contribution >= 0.6 is 0 Å². The zero-order valence-electron chi connectivity index (χ0n) is 12.0. The normalized spacial score (nSPS) is 20.5. The fourth-order valence-corrected chi connectivity index (χ4v) is 2.68. The molecule has 1 fully saturated rings. The predicted molar refractivity (Wildman–Crippen MR) is 77.3 cm³/mol. The first-order chi connectivity index (χ1) is 9.66. The molecule has 20 heavy (non-hydrogen) atoms. The number of aliphatic hydroxyl groups is 1. The molecule has 1 amide bonds. The van der Waals surface area contributed by atoms with Gasteiger partial charge in [-0.05, 0) is 38.2 Å². The highest BCUT2D eigenvalue weighted by atomic mass is 16.6. The van der Waals surface area contributed by atoms with E-state index in [2.05, 4.69) is 0 Å². The minimum Gasteiger partial charge on any atom is -0.445 e. The zero-order valence-corrected chi connectivity index (χ0v) is 12.0. The molecule has 1 N–H and O–H groups in total. The van der Waals surface area contributed by atoms with Gasteiger partial charge in [-0.1, -0.05) is 30.3 Å². The fraction of sp³-hybridized carbons (Fsp3) is 0.562. The molecule has 110 valence electrons.